The Labute approximate surface area is 86.8 Å². The van der Waals surface area contributed by atoms with E-state index < -0.39 is 15.3 Å². The van der Waals surface area contributed by atoms with E-state index >= 15 is 0 Å². The molecule has 74 valence electrons. The monoisotopic (exact) mass is 242 g/mol. The molecule has 0 bridgehead atoms. The molecule has 0 fully saturated rings. The molecule has 13 heavy (non-hydrogen) atoms. The number of sulfone groups is 1. The SMILES string of the molecule is CN1C(Cl)=C(Cl)C=NC1S(C)(=O)=O. The summed E-state index contributed by atoms with van der Waals surface area (Å²) >= 11 is 11.4. The lowest BCUT2D eigenvalue weighted by Gasteiger charge is -2.27. The van der Waals surface area contributed by atoms with E-state index in [1.807, 2.05) is 0 Å². The van der Waals surface area contributed by atoms with Gasteiger partial charge in [-0.2, -0.15) is 0 Å². The number of aliphatic imine (C=N–C) groups is 1. The second-order valence-electron chi connectivity index (χ2n) is 2.68. The summed E-state index contributed by atoms with van der Waals surface area (Å²) in [5, 5.41) is 0.427. The van der Waals surface area contributed by atoms with E-state index in [1.165, 1.54) is 18.2 Å². The molecule has 0 N–H and O–H groups in total. The van der Waals surface area contributed by atoms with Crippen molar-refractivity contribution < 1.29 is 8.42 Å². The van der Waals surface area contributed by atoms with Crippen LogP contribution in [0, 0.1) is 0 Å². The predicted octanol–water partition coefficient (Wildman–Crippen LogP) is 0.978. The van der Waals surface area contributed by atoms with E-state index in [-0.39, 0.29) is 10.2 Å². The van der Waals surface area contributed by atoms with Gasteiger partial charge in [0.05, 0.1) is 5.03 Å². The Morgan fingerprint density at radius 1 is 1.54 bits per heavy atom. The summed E-state index contributed by atoms with van der Waals surface area (Å²) in [6.07, 6.45) is 2.34. The zero-order chi connectivity index (χ0) is 10.2. The Morgan fingerprint density at radius 3 is 2.54 bits per heavy atom. The fourth-order valence-corrected chi connectivity index (χ4v) is 2.30. The Balaban J connectivity index is 3.08. The molecular weight excluding hydrogens is 235 g/mol. The summed E-state index contributed by atoms with van der Waals surface area (Å²) in [6.45, 7) is 0. The minimum atomic E-state index is -3.28. The molecule has 0 radical (unpaired) electrons. The van der Waals surface area contributed by atoms with Gasteiger partial charge in [-0.05, 0) is 0 Å². The maximum Gasteiger partial charge on any atom is 0.224 e. The predicted molar refractivity (Wildman–Crippen MR) is 53.6 cm³/mol. The maximum absolute atomic E-state index is 11.2. The summed E-state index contributed by atoms with van der Waals surface area (Å²) in [6, 6.07) is 0. The highest BCUT2D eigenvalue weighted by Gasteiger charge is 2.28. The third kappa shape index (κ3) is 2.15. The Hall–Kier alpha value is -0.260. The van der Waals surface area contributed by atoms with Gasteiger partial charge in [-0.3, -0.25) is 4.99 Å². The Kier molecular flexibility index (Phi) is 2.89. The molecule has 1 rings (SSSR count). The molecule has 0 amide bonds. The number of nitrogens with zero attached hydrogens (tertiary/aromatic N) is 2. The number of halogens is 2. The van der Waals surface area contributed by atoms with Crippen LogP contribution in [0.1, 0.15) is 0 Å². The van der Waals surface area contributed by atoms with Gasteiger partial charge in [0.15, 0.2) is 9.84 Å². The highest BCUT2D eigenvalue weighted by Crippen LogP contribution is 2.24. The van der Waals surface area contributed by atoms with Crippen molar-refractivity contribution in [3.05, 3.63) is 10.2 Å². The first-order valence-electron chi connectivity index (χ1n) is 3.34. The molecule has 1 unspecified atom stereocenters. The average Bonchev–Trinajstić information content (AvgIpc) is 1.98. The van der Waals surface area contributed by atoms with Crippen LogP contribution in [-0.4, -0.2) is 38.3 Å². The summed E-state index contributed by atoms with van der Waals surface area (Å²) in [5.41, 5.74) is -0.970. The average molecular weight is 243 g/mol. The van der Waals surface area contributed by atoms with E-state index in [2.05, 4.69) is 4.99 Å². The molecule has 0 saturated carbocycles. The highest BCUT2D eigenvalue weighted by molar-refractivity contribution is 7.91. The van der Waals surface area contributed by atoms with Crippen LogP contribution >= 0.6 is 23.2 Å². The molecule has 1 heterocycles. The quantitative estimate of drug-likeness (QED) is 0.645. The smallest absolute Gasteiger partial charge is 0.224 e. The topological polar surface area (TPSA) is 49.7 Å². The third-order valence-electron chi connectivity index (χ3n) is 1.54. The number of allylic oxidation sites excluding steroid dienone is 1. The summed E-state index contributed by atoms with van der Waals surface area (Å²) in [5.74, 6) is 0. The van der Waals surface area contributed by atoms with Gasteiger partial charge in [-0.1, -0.05) is 23.2 Å². The minimum Gasteiger partial charge on any atom is -0.330 e. The third-order valence-corrected chi connectivity index (χ3v) is 3.58. The van der Waals surface area contributed by atoms with Gasteiger partial charge in [-0.25, -0.2) is 8.42 Å². The van der Waals surface area contributed by atoms with Crippen molar-refractivity contribution in [2.24, 2.45) is 4.99 Å². The van der Waals surface area contributed by atoms with Crippen molar-refractivity contribution >= 4 is 39.3 Å². The first-order valence-corrected chi connectivity index (χ1v) is 6.05. The van der Waals surface area contributed by atoms with Crippen LogP contribution in [0.25, 0.3) is 0 Å². The van der Waals surface area contributed by atoms with E-state index in [0.717, 1.165) is 6.26 Å². The molecule has 0 aromatic heterocycles. The summed E-state index contributed by atoms with van der Waals surface area (Å²) in [4.78, 5) is 5.06. The molecular formula is C6H8Cl2N2O2S. The van der Waals surface area contributed by atoms with Gasteiger partial charge in [-0.15, -0.1) is 0 Å². The van der Waals surface area contributed by atoms with E-state index in [0.29, 0.717) is 0 Å². The lowest BCUT2D eigenvalue weighted by molar-refractivity contribution is 0.399. The highest BCUT2D eigenvalue weighted by atomic mass is 35.5. The Morgan fingerprint density at radius 2 is 2.08 bits per heavy atom. The van der Waals surface area contributed by atoms with Crippen LogP contribution in [0.4, 0.5) is 0 Å². The summed E-state index contributed by atoms with van der Waals surface area (Å²) < 4.78 is 22.3. The number of rotatable bonds is 1. The van der Waals surface area contributed by atoms with Crippen molar-refractivity contribution in [1.29, 1.82) is 0 Å². The van der Waals surface area contributed by atoms with Crippen molar-refractivity contribution in [1.82, 2.24) is 4.90 Å². The normalized spacial score (nSPS) is 24.0. The Bertz CT molecular complexity index is 374. The molecule has 0 spiro atoms. The first-order chi connectivity index (χ1) is 5.84. The van der Waals surface area contributed by atoms with Gasteiger partial charge in [0.25, 0.3) is 0 Å². The molecule has 1 aliphatic rings. The fraction of sp³-hybridized carbons (Fsp3) is 0.500. The van der Waals surface area contributed by atoms with Gasteiger partial charge in [0.1, 0.15) is 5.16 Å². The van der Waals surface area contributed by atoms with E-state index in [9.17, 15) is 8.42 Å². The molecule has 0 aromatic carbocycles. The minimum absolute atomic E-state index is 0.187. The lowest BCUT2D eigenvalue weighted by Crippen LogP contribution is -2.37. The maximum atomic E-state index is 11.2. The van der Waals surface area contributed by atoms with Crippen LogP contribution in [0.15, 0.2) is 15.2 Å². The summed E-state index contributed by atoms with van der Waals surface area (Å²) in [7, 11) is -1.76. The molecule has 1 atom stereocenters. The van der Waals surface area contributed by atoms with Crippen LogP contribution in [0.3, 0.4) is 0 Å². The number of hydrogen-bond acceptors (Lipinski definition) is 4. The second kappa shape index (κ2) is 3.48. The molecule has 0 aromatic rings. The van der Waals surface area contributed by atoms with Crippen molar-refractivity contribution in [2.75, 3.05) is 13.3 Å². The molecule has 7 heteroatoms. The van der Waals surface area contributed by atoms with Gasteiger partial charge in [0, 0.05) is 19.5 Å². The van der Waals surface area contributed by atoms with Crippen molar-refractivity contribution in [3.63, 3.8) is 0 Å². The van der Waals surface area contributed by atoms with Crippen LogP contribution in [0.5, 0.6) is 0 Å². The zero-order valence-corrected chi connectivity index (χ0v) is 9.36. The van der Waals surface area contributed by atoms with Gasteiger partial charge >= 0.3 is 0 Å². The fourth-order valence-electron chi connectivity index (χ4n) is 0.946. The van der Waals surface area contributed by atoms with Crippen LogP contribution < -0.4 is 0 Å². The van der Waals surface area contributed by atoms with E-state index in [4.69, 9.17) is 23.2 Å². The molecule has 1 aliphatic heterocycles. The lowest BCUT2D eigenvalue weighted by atomic mass is 10.5. The first kappa shape index (κ1) is 10.8. The van der Waals surface area contributed by atoms with Crippen LogP contribution in [-0.2, 0) is 9.84 Å². The van der Waals surface area contributed by atoms with Crippen LogP contribution in [0.2, 0.25) is 0 Å². The van der Waals surface area contributed by atoms with Crippen molar-refractivity contribution in [2.45, 2.75) is 5.50 Å². The standard InChI is InChI=1S/C6H8Cl2N2O2S/c1-10-5(8)4(7)3-9-6(10)13(2,11)12/h3,6H,1-2H3. The molecule has 4 nitrogen and oxygen atoms in total. The van der Waals surface area contributed by atoms with Gasteiger partial charge < -0.3 is 4.90 Å². The van der Waals surface area contributed by atoms with Crippen molar-refractivity contribution in [3.8, 4) is 0 Å². The molecule has 0 saturated heterocycles. The molecule has 0 aliphatic carbocycles. The van der Waals surface area contributed by atoms with E-state index in [1.54, 1.807) is 0 Å². The number of hydrogen-bond donors (Lipinski definition) is 0. The second-order valence-corrected chi connectivity index (χ2v) is 5.53. The van der Waals surface area contributed by atoms with Gasteiger partial charge in [0.2, 0.25) is 5.50 Å². The largest absolute Gasteiger partial charge is 0.330 e. The zero-order valence-electron chi connectivity index (χ0n) is 7.03.